The minimum atomic E-state index is -4.60. The SMILES string of the molecule is O=C1NCCCC[C@H]1Nc1nc2c(C(F)(F)F)cccc2c2nc(-c3cnn(CC4CCC4)c3)nn12. The number of hydrogen-bond donors (Lipinski definition) is 2. The summed E-state index contributed by atoms with van der Waals surface area (Å²) in [6.45, 7) is 1.38. The van der Waals surface area contributed by atoms with Gasteiger partial charge in [-0.2, -0.15) is 22.8 Å². The molecule has 36 heavy (non-hydrogen) atoms. The average molecular weight is 499 g/mol. The second kappa shape index (κ2) is 8.75. The Morgan fingerprint density at radius 1 is 1.11 bits per heavy atom. The van der Waals surface area contributed by atoms with Crippen molar-refractivity contribution in [3.8, 4) is 11.4 Å². The summed E-state index contributed by atoms with van der Waals surface area (Å²) in [6, 6.07) is 3.24. The van der Waals surface area contributed by atoms with Gasteiger partial charge in [0.25, 0.3) is 0 Å². The number of halogens is 3. The molecule has 12 heteroatoms. The molecule has 1 atom stereocenters. The topological polar surface area (TPSA) is 102 Å². The van der Waals surface area contributed by atoms with Crippen LogP contribution >= 0.6 is 0 Å². The molecular formula is C24H25F3N8O. The predicted molar refractivity (Wildman–Crippen MR) is 126 cm³/mol. The average Bonchev–Trinajstić information content (AvgIpc) is 3.42. The first kappa shape index (κ1) is 22.7. The van der Waals surface area contributed by atoms with Gasteiger partial charge in [0, 0.05) is 24.7 Å². The number of rotatable bonds is 5. The van der Waals surface area contributed by atoms with Crippen molar-refractivity contribution in [1.82, 2.24) is 34.7 Å². The molecule has 2 aliphatic rings. The first-order chi connectivity index (χ1) is 17.4. The molecule has 0 radical (unpaired) electrons. The quantitative estimate of drug-likeness (QED) is 0.431. The van der Waals surface area contributed by atoms with Crippen LogP contribution in [-0.4, -0.2) is 47.9 Å². The molecule has 0 spiro atoms. The smallest absolute Gasteiger partial charge is 0.354 e. The van der Waals surface area contributed by atoms with Crippen molar-refractivity contribution in [2.24, 2.45) is 5.92 Å². The van der Waals surface area contributed by atoms with Gasteiger partial charge in [-0.25, -0.2) is 9.97 Å². The summed E-state index contributed by atoms with van der Waals surface area (Å²) in [5.74, 6) is 0.762. The summed E-state index contributed by atoms with van der Waals surface area (Å²) in [7, 11) is 0. The van der Waals surface area contributed by atoms with Gasteiger partial charge < -0.3 is 10.6 Å². The number of anilines is 1. The molecule has 6 rings (SSSR count). The van der Waals surface area contributed by atoms with E-state index in [0.717, 1.165) is 25.5 Å². The van der Waals surface area contributed by atoms with E-state index < -0.39 is 17.8 Å². The lowest BCUT2D eigenvalue weighted by Gasteiger charge is -2.24. The van der Waals surface area contributed by atoms with E-state index in [9.17, 15) is 18.0 Å². The van der Waals surface area contributed by atoms with E-state index in [1.165, 1.54) is 29.8 Å². The molecule has 0 bridgehead atoms. The number of carbonyl (C=O) groups is 1. The van der Waals surface area contributed by atoms with Gasteiger partial charge in [0.05, 0.1) is 22.8 Å². The highest BCUT2D eigenvalue weighted by Gasteiger charge is 2.34. The monoisotopic (exact) mass is 498 g/mol. The summed E-state index contributed by atoms with van der Waals surface area (Å²) in [6.07, 6.45) is 4.68. The van der Waals surface area contributed by atoms with E-state index >= 15 is 0 Å². The van der Waals surface area contributed by atoms with Crippen LogP contribution in [0.5, 0.6) is 0 Å². The number of nitrogens with zero attached hydrogens (tertiary/aromatic N) is 6. The van der Waals surface area contributed by atoms with Gasteiger partial charge in [0.1, 0.15) is 6.04 Å². The van der Waals surface area contributed by atoms with Crippen molar-refractivity contribution in [3.05, 3.63) is 36.2 Å². The molecule has 2 N–H and O–H groups in total. The largest absolute Gasteiger partial charge is 0.418 e. The van der Waals surface area contributed by atoms with Crippen LogP contribution in [0.25, 0.3) is 27.9 Å². The van der Waals surface area contributed by atoms with E-state index in [2.05, 4.69) is 30.8 Å². The molecule has 4 aromatic rings. The summed E-state index contributed by atoms with van der Waals surface area (Å²) in [5, 5.41) is 15.1. The van der Waals surface area contributed by atoms with Crippen molar-refractivity contribution in [3.63, 3.8) is 0 Å². The Bertz CT molecular complexity index is 1440. The zero-order valence-corrected chi connectivity index (χ0v) is 19.4. The predicted octanol–water partition coefficient (Wildman–Crippen LogP) is 4.04. The fraction of sp³-hybridized carbons (Fsp3) is 0.458. The van der Waals surface area contributed by atoms with Crippen molar-refractivity contribution < 1.29 is 18.0 Å². The number of fused-ring (bicyclic) bond motifs is 3. The number of alkyl halides is 3. The third-order valence-electron chi connectivity index (χ3n) is 7.01. The van der Waals surface area contributed by atoms with Crippen LogP contribution in [0, 0.1) is 5.92 Å². The summed E-state index contributed by atoms with van der Waals surface area (Å²) in [4.78, 5) is 21.5. The third-order valence-corrected chi connectivity index (χ3v) is 7.01. The molecule has 0 unspecified atom stereocenters. The minimum Gasteiger partial charge on any atom is -0.354 e. The Balaban J connectivity index is 1.47. The van der Waals surface area contributed by atoms with Crippen LogP contribution in [0.2, 0.25) is 0 Å². The number of carbonyl (C=O) groups excluding carboxylic acids is 1. The summed E-state index contributed by atoms with van der Waals surface area (Å²) in [5.41, 5.74) is -0.219. The first-order valence-corrected chi connectivity index (χ1v) is 12.2. The van der Waals surface area contributed by atoms with E-state index in [0.29, 0.717) is 30.3 Å². The number of para-hydroxylation sites is 1. The molecule has 9 nitrogen and oxygen atoms in total. The summed E-state index contributed by atoms with van der Waals surface area (Å²) < 4.78 is 44.8. The van der Waals surface area contributed by atoms with Crippen molar-refractivity contribution in [2.45, 2.75) is 57.3 Å². The summed E-state index contributed by atoms with van der Waals surface area (Å²) >= 11 is 0. The molecule has 4 heterocycles. The minimum absolute atomic E-state index is 0.0388. The molecule has 1 aliphatic heterocycles. The third kappa shape index (κ3) is 4.14. The van der Waals surface area contributed by atoms with Gasteiger partial charge in [0.15, 0.2) is 11.5 Å². The first-order valence-electron chi connectivity index (χ1n) is 12.2. The fourth-order valence-corrected chi connectivity index (χ4v) is 4.83. The number of hydrogen-bond acceptors (Lipinski definition) is 6. The van der Waals surface area contributed by atoms with Crippen molar-refractivity contribution in [1.29, 1.82) is 0 Å². The number of amides is 1. The number of nitrogens with one attached hydrogen (secondary N) is 2. The Morgan fingerprint density at radius 3 is 2.75 bits per heavy atom. The highest BCUT2D eigenvalue weighted by molar-refractivity contribution is 5.95. The molecule has 1 aromatic carbocycles. The second-order valence-electron chi connectivity index (χ2n) is 9.54. The van der Waals surface area contributed by atoms with Crippen LogP contribution in [0.1, 0.15) is 44.1 Å². The van der Waals surface area contributed by atoms with E-state index in [1.807, 2.05) is 10.9 Å². The van der Waals surface area contributed by atoms with Gasteiger partial charge in [-0.3, -0.25) is 9.48 Å². The Hall–Kier alpha value is -3.70. The molecule has 1 aliphatic carbocycles. The van der Waals surface area contributed by atoms with Crippen LogP contribution in [0.4, 0.5) is 19.1 Å². The molecular weight excluding hydrogens is 473 g/mol. The Labute approximate surface area is 204 Å². The highest BCUT2D eigenvalue weighted by Crippen LogP contribution is 2.36. The molecule has 2 fully saturated rings. The molecule has 1 amide bonds. The van der Waals surface area contributed by atoms with Crippen LogP contribution in [-0.2, 0) is 17.5 Å². The molecule has 1 saturated heterocycles. The Kier molecular flexibility index (Phi) is 5.53. The highest BCUT2D eigenvalue weighted by atomic mass is 19.4. The van der Waals surface area contributed by atoms with Gasteiger partial charge >= 0.3 is 6.18 Å². The van der Waals surface area contributed by atoms with Gasteiger partial charge in [-0.15, -0.1) is 5.10 Å². The standard InChI is InChI=1S/C24H25F3N8O/c25-24(26,27)17-8-4-7-16-19(17)31-23(30-18-9-1-2-10-28-22(18)36)35-21(16)32-20(33-35)15-11-29-34(13-15)12-14-5-3-6-14/h4,7-8,11,13-14,18H,1-3,5-6,9-10,12H2,(H,28,36)(H,30,31)/t18-/m1/s1. The fourth-order valence-electron chi connectivity index (χ4n) is 4.83. The molecule has 1 saturated carbocycles. The zero-order valence-electron chi connectivity index (χ0n) is 19.4. The zero-order chi connectivity index (χ0) is 24.9. The van der Waals surface area contributed by atoms with Crippen LogP contribution in [0.3, 0.4) is 0 Å². The van der Waals surface area contributed by atoms with Gasteiger partial charge in [-0.05, 0) is 50.2 Å². The maximum Gasteiger partial charge on any atom is 0.418 e. The lowest BCUT2D eigenvalue weighted by atomic mass is 9.85. The molecule has 3 aromatic heterocycles. The van der Waals surface area contributed by atoms with E-state index in [1.54, 1.807) is 12.3 Å². The van der Waals surface area contributed by atoms with Crippen LogP contribution in [0.15, 0.2) is 30.6 Å². The van der Waals surface area contributed by atoms with Crippen molar-refractivity contribution >= 4 is 28.4 Å². The van der Waals surface area contributed by atoms with Crippen LogP contribution < -0.4 is 10.6 Å². The normalized spacial score (nSPS) is 19.3. The van der Waals surface area contributed by atoms with Crippen molar-refractivity contribution in [2.75, 3.05) is 11.9 Å². The van der Waals surface area contributed by atoms with E-state index in [4.69, 9.17) is 0 Å². The Morgan fingerprint density at radius 2 is 1.97 bits per heavy atom. The van der Waals surface area contributed by atoms with Gasteiger partial charge in [0.2, 0.25) is 11.9 Å². The number of aromatic nitrogens is 6. The molecule has 188 valence electrons. The maximum absolute atomic E-state index is 13.9. The second-order valence-corrected chi connectivity index (χ2v) is 9.54. The number of benzene rings is 1. The van der Waals surface area contributed by atoms with Gasteiger partial charge in [-0.1, -0.05) is 12.5 Å². The lowest BCUT2D eigenvalue weighted by Crippen LogP contribution is -2.38. The lowest BCUT2D eigenvalue weighted by molar-refractivity contribution is -0.136. The maximum atomic E-state index is 13.9. The van der Waals surface area contributed by atoms with E-state index in [-0.39, 0.29) is 28.4 Å².